The second-order valence-electron chi connectivity index (χ2n) is 16.8. The molecule has 308 valence electrons. The highest BCUT2D eigenvalue weighted by Gasteiger charge is 2.18. The summed E-state index contributed by atoms with van der Waals surface area (Å²) in [6.07, 6.45) is 42.9. The van der Waals surface area contributed by atoms with Crippen LogP contribution in [0.1, 0.15) is 219 Å². The number of nitrogens with zero attached hydrogens (tertiary/aromatic N) is 1. The maximum atomic E-state index is 12.6. The molecule has 0 radical (unpaired) electrons. The zero-order chi connectivity index (χ0) is 37.6. The average molecular weight is 746 g/mol. The molecule has 7 heteroatoms. The lowest BCUT2D eigenvalue weighted by molar-refractivity contribution is -0.868. The number of quaternary nitrogens is 1. The molecule has 0 aliphatic rings. The molecule has 0 saturated heterocycles. The second-order valence-corrected chi connectivity index (χ2v) is 18.7. The van der Waals surface area contributed by atoms with E-state index in [1.165, 1.54) is 186 Å². The van der Waals surface area contributed by atoms with E-state index in [0.717, 1.165) is 19.3 Å². The minimum atomic E-state index is -3.90. The second kappa shape index (κ2) is 38.3. The first-order chi connectivity index (χ1) is 24.7. The fraction of sp³-hybridized carbons (Fsp3) is 1.00. The molecule has 0 aliphatic heterocycles. The molecule has 0 fully saturated rings. The van der Waals surface area contributed by atoms with Gasteiger partial charge in [0.2, 0.25) is 0 Å². The van der Waals surface area contributed by atoms with Gasteiger partial charge in [-0.2, -0.15) is 0 Å². The summed E-state index contributed by atoms with van der Waals surface area (Å²) in [5, 5.41) is 0. The van der Waals surface area contributed by atoms with Crippen molar-refractivity contribution in [1.29, 1.82) is 0 Å². The molecule has 0 bridgehead atoms. The third-order valence-corrected chi connectivity index (χ3v) is 11.6. The van der Waals surface area contributed by atoms with Crippen LogP contribution in [0.4, 0.5) is 0 Å². The van der Waals surface area contributed by atoms with Crippen molar-refractivity contribution in [3.05, 3.63) is 0 Å². The van der Waals surface area contributed by atoms with E-state index in [4.69, 9.17) is 14.0 Å². The summed E-state index contributed by atoms with van der Waals surface area (Å²) >= 11 is 0. The average Bonchev–Trinajstić information content (AvgIpc) is 3.10. The van der Waals surface area contributed by atoms with Gasteiger partial charge in [0.25, 0.3) is 0 Å². The fourth-order valence-corrected chi connectivity index (χ4v) is 8.06. The highest BCUT2D eigenvalue weighted by molar-refractivity contribution is 7.51. The first-order valence-electron chi connectivity index (χ1n) is 22.6. The van der Waals surface area contributed by atoms with Crippen LogP contribution < -0.4 is 4.89 Å². The van der Waals surface area contributed by atoms with E-state index in [1.807, 2.05) is 21.1 Å². The lowest BCUT2D eigenvalue weighted by atomic mass is 10.0. The predicted molar refractivity (Wildman–Crippen MR) is 221 cm³/mol. The standard InChI is InChI=1S/C44H92NO5P/c1-6-8-10-12-14-16-18-20-22-24-26-28-30-32-34-36-39-48-42-44(43-50-51(46,47)41-38-45(3,4)5)49-40-37-35-33-31-29-27-25-23-21-19-17-15-13-11-9-7-2/h44H,6-43H2,1-5H3/t44-/m1/s1. The molecule has 2 atom stereocenters. The van der Waals surface area contributed by atoms with E-state index < -0.39 is 7.60 Å². The Morgan fingerprint density at radius 1 is 0.471 bits per heavy atom. The van der Waals surface area contributed by atoms with Gasteiger partial charge in [-0.25, -0.2) is 0 Å². The molecule has 6 nitrogen and oxygen atoms in total. The molecule has 51 heavy (non-hydrogen) atoms. The Labute approximate surface area is 320 Å². The molecular formula is C44H92NO5P. The van der Waals surface area contributed by atoms with Crippen molar-refractivity contribution < 1.29 is 27.9 Å². The largest absolute Gasteiger partial charge is 0.778 e. The molecule has 0 amide bonds. The lowest BCUT2D eigenvalue weighted by Crippen LogP contribution is -2.38. The van der Waals surface area contributed by atoms with E-state index in [1.54, 1.807) is 0 Å². The first kappa shape index (κ1) is 51.0. The van der Waals surface area contributed by atoms with Crippen molar-refractivity contribution in [2.45, 2.75) is 225 Å². The van der Waals surface area contributed by atoms with Crippen LogP contribution in [0, 0.1) is 0 Å². The van der Waals surface area contributed by atoms with Crippen LogP contribution in [0.3, 0.4) is 0 Å². The van der Waals surface area contributed by atoms with Gasteiger partial charge in [-0.05, 0) is 12.8 Å². The van der Waals surface area contributed by atoms with Gasteiger partial charge < -0.3 is 27.9 Å². The minimum absolute atomic E-state index is 0.0440. The van der Waals surface area contributed by atoms with Crippen LogP contribution in [-0.4, -0.2) is 70.9 Å². The highest BCUT2D eigenvalue weighted by atomic mass is 31.2. The Morgan fingerprint density at radius 3 is 1.12 bits per heavy atom. The summed E-state index contributed by atoms with van der Waals surface area (Å²) in [4.78, 5) is 12.6. The van der Waals surface area contributed by atoms with Crippen molar-refractivity contribution in [2.75, 3.05) is 60.3 Å². The van der Waals surface area contributed by atoms with Crippen molar-refractivity contribution in [3.63, 3.8) is 0 Å². The number of ether oxygens (including phenoxy) is 2. The third-order valence-electron chi connectivity index (χ3n) is 10.3. The van der Waals surface area contributed by atoms with Gasteiger partial charge in [0.15, 0.2) is 0 Å². The van der Waals surface area contributed by atoms with Gasteiger partial charge in [-0.15, -0.1) is 0 Å². The van der Waals surface area contributed by atoms with Crippen LogP contribution in [0.25, 0.3) is 0 Å². The number of rotatable bonds is 43. The molecule has 0 rings (SSSR count). The Morgan fingerprint density at radius 2 is 0.784 bits per heavy atom. The summed E-state index contributed by atoms with van der Waals surface area (Å²) in [5.41, 5.74) is 0. The molecule has 0 spiro atoms. The molecule has 0 N–H and O–H groups in total. The predicted octanol–water partition coefficient (Wildman–Crippen LogP) is 13.2. The van der Waals surface area contributed by atoms with Gasteiger partial charge in [-0.3, -0.25) is 0 Å². The normalized spacial score (nSPS) is 13.9. The van der Waals surface area contributed by atoms with Crippen LogP contribution in [0.2, 0.25) is 0 Å². The number of hydrogen-bond acceptors (Lipinski definition) is 5. The zero-order valence-electron chi connectivity index (χ0n) is 35.4. The Balaban J connectivity index is 3.99. The SMILES string of the molecule is CCCCCCCCCCCCCCCCCCOC[C@H](COP(=O)([O-])CC[N+](C)(C)C)OCCCCCCCCCCCCCCCCCC. The smallest absolute Gasteiger partial charge is 0.140 e. The fourth-order valence-electron chi connectivity index (χ4n) is 6.70. The molecule has 0 aromatic heterocycles. The van der Waals surface area contributed by atoms with Crippen molar-refractivity contribution in [1.82, 2.24) is 0 Å². The Bertz CT molecular complexity index is 731. The van der Waals surface area contributed by atoms with Crippen LogP contribution in [0.15, 0.2) is 0 Å². The quantitative estimate of drug-likeness (QED) is 0.0353. The zero-order valence-corrected chi connectivity index (χ0v) is 36.3. The van der Waals surface area contributed by atoms with E-state index in [9.17, 15) is 9.46 Å². The summed E-state index contributed by atoms with van der Waals surface area (Å²) in [7, 11) is 2.09. The summed E-state index contributed by atoms with van der Waals surface area (Å²) in [6, 6.07) is 0. The van der Waals surface area contributed by atoms with E-state index in [0.29, 0.717) is 30.8 Å². The van der Waals surface area contributed by atoms with Crippen molar-refractivity contribution in [3.8, 4) is 0 Å². The number of hydrogen-bond donors (Lipinski definition) is 0. The minimum Gasteiger partial charge on any atom is -0.778 e. The van der Waals surface area contributed by atoms with Crippen LogP contribution in [0.5, 0.6) is 0 Å². The van der Waals surface area contributed by atoms with Gasteiger partial charge in [0.1, 0.15) is 13.7 Å². The van der Waals surface area contributed by atoms with E-state index in [2.05, 4.69) is 13.8 Å². The van der Waals surface area contributed by atoms with Gasteiger partial charge in [0, 0.05) is 13.2 Å². The summed E-state index contributed by atoms with van der Waals surface area (Å²) < 4.78 is 30.7. The molecule has 1 unspecified atom stereocenters. The molecule has 0 heterocycles. The van der Waals surface area contributed by atoms with E-state index in [-0.39, 0.29) is 18.9 Å². The van der Waals surface area contributed by atoms with Crippen LogP contribution in [-0.2, 0) is 18.6 Å². The third kappa shape index (κ3) is 42.6. The Kier molecular flexibility index (Phi) is 38.3. The lowest BCUT2D eigenvalue weighted by Gasteiger charge is -2.30. The summed E-state index contributed by atoms with van der Waals surface area (Å²) in [6.45, 7) is 6.89. The molecule has 0 saturated carbocycles. The first-order valence-corrected chi connectivity index (χ1v) is 24.4. The Hall–Kier alpha value is 0.0300. The van der Waals surface area contributed by atoms with Crippen LogP contribution >= 0.6 is 7.60 Å². The van der Waals surface area contributed by atoms with Crippen molar-refractivity contribution in [2.24, 2.45) is 0 Å². The molecule has 0 aromatic rings. The highest BCUT2D eigenvalue weighted by Crippen LogP contribution is 2.37. The molecule has 0 aliphatic carbocycles. The topological polar surface area (TPSA) is 67.8 Å². The van der Waals surface area contributed by atoms with Gasteiger partial charge in [-0.1, -0.05) is 206 Å². The molecular weight excluding hydrogens is 653 g/mol. The maximum absolute atomic E-state index is 12.6. The van der Waals surface area contributed by atoms with Gasteiger partial charge >= 0.3 is 0 Å². The summed E-state index contributed by atoms with van der Waals surface area (Å²) in [5.74, 6) is 0. The van der Waals surface area contributed by atoms with Crippen molar-refractivity contribution >= 4 is 7.60 Å². The van der Waals surface area contributed by atoms with E-state index >= 15 is 0 Å². The maximum Gasteiger partial charge on any atom is 0.140 e. The monoisotopic (exact) mass is 746 g/mol. The van der Waals surface area contributed by atoms with Gasteiger partial charge in [0.05, 0.1) is 47.1 Å². The number of unbranched alkanes of at least 4 members (excludes halogenated alkanes) is 30. The molecule has 0 aromatic carbocycles.